The first kappa shape index (κ1) is 22.5. The van der Waals surface area contributed by atoms with E-state index in [1.54, 1.807) is 7.05 Å². The molecule has 1 aliphatic carbocycles. The lowest BCUT2D eigenvalue weighted by molar-refractivity contribution is -0.143. The summed E-state index contributed by atoms with van der Waals surface area (Å²) in [5, 5.41) is 12.7. The van der Waals surface area contributed by atoms with Crippen LogP contribution in [0.4, 0.5) is 17.6 Å². The number of carbonyl (C=O) groups is 2. The highest BCUT2D eigenvalue weighted by Gasteiger charge is 2.40. The summed E-state index contributed by atoms with van der Waals surface area (Å²) in [6.45, 7) is 0.531. The van der Waals surface area contributed by atoms with Gasteiger partial charge in [0.15, 0.2) is 5.69 Å². The highest BCUT2D eigenvalue weighted by Crippen LogP contribution is 2.35. The number of aromatic carboxylic acids is 1. The van der Waals surface area contributed by atoms with E-state index in [2.05, 4.69) is 5.10 Å². The summed E-state index contributed by atoms with van der Waals surface area (Å²) in [6, 6.07) is 9.73. The zero-order valence-electron chi connectivity index (χ0n) is 17.4. The van der Waals surface area contributed by atoms with Gasteiger partial charge in [0.25, 0.3) is 5.91 Å². The Morgan fingerprint density at radius 1 is 1.15 bits per heavy atom. The van der Waals surface area contributed by atoms with Crippen LogP contribution in [0.3, 0.4) is 0 Å². The van der Waals surface area contributed by atoms with Crippen molar-refractivity contribution in [3.63, 3.8) is 0 Å². The zero-order chi connectivity index (χ0) is 23.9. The second-order valence-electron chi connectivity index (χ2n) is 7.97. The number of hydrogen-bond donors (Lipinski definition) is 1. The maximum absolute atomic E-state index is 15.3. The molecule has 172 valence electrons. The minimum Gasteiger partial charge on any atom is -0.478 e. The summed E-state index contributed by atoms with van der Waals surface area (Å²) in [5.74, 6) is -2.60. The van der Waals surface area contributed by atoms with Crippen molar-refractivity contribution < 1.29 is 32.3 Å². The Morgan fingerprint density at radius 3 is 2.48 bits per heavy atom. The molecule has 0 spiro atoms. The number of aromatic nitrogens is 2. The molecule has 1 fully saturated rings. The van der Waals surface area contributed by atoms with Crippen LogP contribution in [0, 0.1) is 11.7 Å². The highest BCUT2D eigenvalue weighted by atomic mass is 19.4. The first-order valence-corrected chi connectivity index (χ1v) is 10.1. The van der Waals surface area contributed by atoms with Gasteiger partial charge in [-0.25, -0.2) is 13.9 Å². The summed E-state index contributed by atoms with van der Waals surface area (Å²) in [7, 11) is 1.60. The average molecular weight is 461 g/mol. The fraction of sp³-hybridized carbons (Fsp3) is 0.261. The molecule has 0 saturated heterocycles. The highest BCUT2D eigenvalue weighted by molar-refractivity contribution is 5.96. The fourth-order valence-electron chi connectivity index (χ4n) is 3.68. The van der Waals surface area contributed by atoms with Crippen LogP contribution in [0.15, 0.2) is 48.7 Å². The molecule has 1 saturated carbocycles. The monoisotopic (exact) mass is 461 g/mol. The molecular formula is C23H19F4N3O3. The second kappa shape index (κ2) is 8.34. The van der Waals surface area contributed by atoms with Crippen molar-refractivity contribution >= 4 is 11.9 Å². The molecule has 33 heavy (non-hydrogen) atoms. The Hall–Kier alpha value is -3.69. The molecular weight excluding hydrogens is 442 g/mol. The number of hydrogen-bond acceptors (Lipinski definition) is 3. The van der Waals surface area contributed by atoms with Gasteiger partial charge in [0, 0.05) is 19.2 Å². The number of carboxylic acids is 1. The lowest BCUT2D eigenvalue weighted by Gasteiger charge is -2.18. The van der Waals surface area contributed by atoms with Crippen LogP contribution in [0.25, 0.3) is 16.8 Å². The standard InChI is InChI=1S/C23H19F4N3O3/c1-29(12-13-8-9-13)21(31)17-7-3-6-16(19(17)24)14-4-2-5-15(10-14)30-20(23(25,26)27)18(11-28-30)22(32)33/h2-7,10-11,13H,8-9,12H2,1H3,(H,32,33). The van der Waals surface area contributed by atoms with Crippen molar-refractivity contribution in [2.24, 2.45) is 5.92 Å². The van der Waals surface area contributed by atoms with Crippen molar-refractivity contribution in [3.05, 3.63) is 71.3 Å². The van der Waals surface area contributed by atoms with Crippen molar-refractivity contribution in [2.45, 2.75) is 19.0 Å². The molecule has 2 aromatic carbocycles. The molecule has 1 aromatic heterocycles. The maximum Gasteiger partial charge on any atom is 0.434 e. The van der Waals surface area contributed by atoms with Crippen molar-refractivity contribution in [1.29, 1.82) is 0 Å². The number of halogens is 4. The third-order valence-electron chi connectivity index (χ3n) is 5.47. The van der Waals surface area contributed by atoms with Crippen LogP contribution >= 0.6 is 0 Å². The Balaban J connectivity index is 1.74. The summed E-state index contributed by atoms with van der Waals surface area (Å²) >= 11 is 0. The van der Waals surface area contributed by atoms with E-state index in [9.17, 15) is 22.8 Å². The first-order chi connectivity index (χ1) is 15.6. The number of rotatable bonds is 6. The Kier molecular flexibility index (Phi) is 5.69. The van der Waals surface area contributed by atoms with E-state index in [-0.39, 0.29) is 22.4 Å². The molecule has 3 aromatic rings. The van der Waals surface area contributed by atoms with Crippen LogP contribution in [-0.2, 0) is 6.18 Å². The van der Waals surface area contributed by atoms with E-state index in [1.165, 1.54) is 47.4 Å². The van der Waals surface area contributed by atoms with Crippen LogP contribution in [0.2, 0.25) is 0 Å². The SMILES string of the molecule is CN(CC1CC1)C(=O)c1cccc(-c2cccc(-n3ncc(C(=O)O)c3C(F)(F)F)c2)c1F. The van der Waals surface area contributed by atoms with E-state index in [0.29, 0.717) is 23.3 Å². The van der Waals surface area contributed by atoms with Gasteiger partial charge in [-0.05, 0) is 42.5 Å². The van der Waals surface area contributed by atoms with E-state index in [4.69, 9.17) is 5.11 Å². The quantitative estimate of drug-likeness (QED) is 0.531. The molecule has 1 amide bonds. The van der Waals surface area contributed by atoms with Crippen LogP contribution in [0.5, 0.6) is 0 Å². The minimum absolute atomic E-state index is 0.0293. The molecule has 4 rings (SSSR count). The largest absolute Gasteiger partial charge is 0.478 e. The smallest absolute Gasteiger partial charge is 0.434 e. The number of carbonyl (C=O) groups excluding carboxylic acids is 1. The fourth-order valence-corrected chi connectivity index (χ4v) is 3.68. The van der Waals surface area contributed by atoms with Gasteiger partial charge in [-0.2, -0.15) is 18.3 Å². The van der Waals surface area contributed by atoms with Gasteiger partial charge in [0.2, 0.25) is 0 Å². The predicted octanol–water partition coefficient (Wildman–Crippen LogP) is 4.88. The van der Waals surface area contributed by atoms with Crippen LogP contribution in [0.1, 0.15) is 39.3 Å². The summed E-state index contributed by atoms with van der Waals surface area (Å²) in [6.07, 6.45) is -2.30. The molecule has 0 bridgehead atoms. The van der Waals surface area contributed by atoms with E-state index >= 15 is 4.39 Å². The first-order valence-electron chi connectivity index (χ1n) is 10.1. The molecule has 10 heteroatoms. The van der Waals surface area contributed by atoms with Gasteiger partial charge in [0.05, 0.1) is 17.4 Å². The summed E-state index contributed by atoms with van der Waals surface area (Å²) < 4.78 is 56.5. The second-order valence-corrected chi connectivity index (χ2v) is 7.97. The number of nitrogens with zero attached hydrogens (tertiary/aromatic N) is 3. The summed E-state index contributed by atoms with van der Waals surface area (Å²) in [5.41, 5.74) is -2.44. The number of benzene rings is 2. The lowest BCUT2D eigenvalue weighted by atomic mass is 10.0. The van der Waals surface area contributed by atoms with Gasteiger partial charge < -0.3 is 10.0 Å². The van der Waals surface area contributed by atoms with Crippen molar-refractivity contribution in [3.8, 4) is 16.8 Å². The number of amides is 1. The molecule has 1 aliphatic rings. The number of alkyl halides is 3. The zero-order valence-corrected chi connectivity index (χ0v) is 17.4. The van der Waals surface area contributed by atoms with E-state index in [1.807, 2.05) is 0 Å². The van der Waals surface area contributed by atoms with Gasteiger partial charge in [0.1, 0.15) is 11.4 Å². The minimum atomic E-state index is -4.98. The molecule has 0 aliphatic heterocycles. The topological polar surface area (TPSA) is 75.4 Å². The lowest BCUT2D eigenvalue weighted by Crippen LogP contribution is -2.29. The third kappa shape index (κ3) is 4.46. The Morgan fingerprint density at radius 2 is 1.85 bits per heavy atom. The molecule has 1 heterocycles. The molecule has 6 nitrogen and oxygen atoms in total. The third-order valence-corrected chi connectivity index (χ3v) is 5.47. The average Bonchev–Trinajstić information content (AvgIpc) is 3.44. The van der Waals surface area contributed by atoms with Crippen LogP contribution in [-0.4, -0.2) is 45.3 Å². The van der Waals surface area contributed by atoms with Crippen molar-refractivity contribution in [1.82, 2.24) is 14.7 Å². The molecule has 1 N–H and O–H groups in total. The van der Waals surface area contributed by atoms with Gasteiger partial charge in [-0.1, -0.05) is 24.3 Å². The van der Waals surface area contributed by atoms with Gasteiger partial charge >= 0.3 is 12.1 Å². The van der Waals surface area contributed by atoms with Crippen molar-refractivity contribution in [2.75, 3.05) is 13.6 Å². The van der Waals surface area contributed by atoms with Gasteiger partial charge in [-0.3, -0.25) is 4.79 Å². The molecule has 0 radical (unpaired) electrons. The van der Waals surface area contributed by atoms with E-state index < -0.39 is 35.1 Å². The normalized spacial score (nSPS) is 13.7. The number of carboxylic acid groups (broad SMARTS) is 1. The Bertz CT molecular complexity index is 1230. The van der Waals surface area contributed by atoms with E-state index in [0.717, 1.165) is 12.8 Å². The summed E-state index contributed by atoms with van der Waals surface area (Å²) in [4.78, 5) is 25.4. The molecule has 0 atom stereocenters. The van der Waals surface area contributed by atoms with Crippen LogP contribution < -0.4 is 0 Å². The predicted molar refractivity (Wildman–Crippen MR) is 111 cm³/mol. The molecule has 0 unspecified atom stereocenters. The van der Waals surface area contributed by atoms with Gasteiger partial charge in [-0.15, -0.1) is 0 Å². The maximum atomic E-state index is 15.3. The Labute approximate surface area is 186 Å².